The molecule has 2 aliphatic rings. The number of aryl methyl sites for hydroxylation is 1. The minimum Gasteiger partial charge on any atom is -0.356 e. The van der Waals surface area contributed by atoms with Gasteiger partial charge in [0.25, 0.3) is 0 Å². The fourth-order valence-electron chi connectivity index (χ4n) is 3.63. The summed E-state index contributed by atoms with van der Waals surface area (Å²) >= 11 is 0. The smallest absolute Gasteiger partial charge is 0.226 e. The van der Waals surface area contributed by atoms with Crippen molar-refractivity contribution in [1.29, 1.82) is 0 Å². The fourth-order valence-corrected chi connectivity index (χ4v) is 3.63. The summed E-state index contributed by atoms with van der Waals surface area (Å²) in [4.78, 5) is 26.5. The molecule has 22 heavy (non-hydrogen) atoms. The van der Waals surface area contributed by atoms with Crippen LogP contribution >= 0.6 is 0 Å². The van der Waals surface area contributed by atoms with Crippen LogP contribution in [0, 0.1) is 12.3 Å². The molecule has 2 fully saturated rings. The van der Waals surface area contributed by atoms with E-state index in [1.165, 1.54) is 5.56 Å². The quantitative estimate of drug-likeness (QED) is 0.909. The molecule has 2 heterocycles. The number of hydrogen-bond acceptors (Lipinski definition) is 2. The molecule has 3 rings (SSSR count). The Morgan fingerprint density at radius 2 is 1.95 bits per heavy atom. The maximum absolute atomic E-state index is 12.5. The molecule has 0 aromatic heterocycles. The van der Waals surface area contributed by atoms with Crippen molar-refractivity contribution in [2.45, 2.75) is 39.0 Å². The van der Waals surface area contributed by atoms with Crippen LogP contribution in [0.25, 0.3) is 0 Å². The predicted molar refractivity (Wildman–Crippen MR) is 85.4 cm³/mol. The maximum atomic E-state index is 12.5. The minimum atomic E-state index is -0.209. The molecule has 2 amide bonds. The normalized spacial score (nSPS) is 25.1. The molecular weight excluding hydrogens is 276 g/mol. The Kier molecular flexibility index (Phi) is 4.19. The first kappa shape index (κ1) is 15.1. The second-order valence-corrected chi connectivity index (χ2v) is 6.68. The Bertz CT molecular complexity index is 567. The number of carbonyl (C=O) groups excluding carboxylic acids is 2. The number of carbonyl (C=O) groups is 2. The van der Waals surface area contributed by atoms with Gasteiger partial charge < -0.3 is 10.2 Å². The van der Waals surface area contributed by atoms with Gasteiger partial charge in [-0.3, -0.25) is 9.59 Å². The average Bonchev–Trinajstić information content (AvgIpc) is 2.73. The van der Waals surface area contributed by atoms with E-state index >= 15 is 0 Å². The van der Waals surface area contributed by atoms with Crippen molar-refractivity contribution in [3.63, 3.8) is 0 Å². The molecule has 1 atom stereocenters. The van der Waals surface area contributed by atoms with Gasteiger partial charge in [0.2, 0.25) is 11.8 Å². The van der Waals surface area contributed by atoms with Gasteiger partial charge in [-0.25, -0.2) is 0 Å². The first-order valence-electron chi connectivity index (χ1n) is 8.21. The number of nitrogens with one attached hydrogen (secondary N) is 1. The summed E-state index contributed by atoms with van der Waals surface area (Å²) in [6.45, 7) is 4.32. The lowest BCUT2D eigenvalue weighted by Gasteiger charge is -2.24. The van der Waals surface area contributed by atoms with E-state index in [-0.39, 0.29) is 17.2 Å². The van der Waals surface area contributed by atoms with Gasteiger partial charge in [-0.2, -0.15) is 0 Å². The van der Waals surface area contributed by atoms with Crippen molar-refractivity contribution >= 4 is 11.8 Å². The van der Waals surface area contributed by atoms with Gasteiger partial charge in [-0.15, -0.1) is 0 Å². The van der Waals surface area contributed by atoms with Crippen LogP contribution in [-0.2, 0) is 16.0 Å². The summed E-state index contributed by atoms with van der Waals surface area (Å²) in [6, 6.07) is 8.14. The van der Waals surface area contributed by atoms with Gasteiger partial charge in [0.05, 0.1) is 11.8 Å². The Morgan fingerprint density at radius 1 is 1.18 bits per heavy atom. The monoisotopic (exact) mass is 300 g/mol. The van der Waals surface area contributed by atoms with Crippen molar-refractivity contribution < 1.29 is 9.59 Å². The van der Waals surface area contributed by atoms with E-state index in [2.05, 4.69) is 5.32 Å². The summed E-state index contributed by atoms with van der Waals surface area (Å²) in [5, 5.41) is 2.95. The number of likely N-dealkylation sites (tertiary alicyclic amines) is 1. The number of rotatable bonds is 2. The molecule has 2 saturated heterocycles. The Balaban J connectivity index is 1.62. The highest BCUT2D eigenvalue weighted by Crippen LogP contribution is 2.38. The highest BCUT2D eigenvalue weighted by molar-refractivity contribution is 5.85. The van der Waals surface area contributed by atoms with E-state index in [0.717, 1.165) is 44.3 Å². The van der Waals surface area contributed by atoms with Gasteiger partial charge in [-0.05, 0) is 38.2 Å². The molecule has 0 aliphatic carbocycles. The molecule has 2 aliphatic heterocycles. The van der Waals surface area contributed by atoms with Crippen LogP contribution in [0.1, 0.15) is 36.8 Å². The van der Waals surface area contributed by atoms with Crippen molar-refractivity contribution in [1.82, 2.24) is 10.2 Å². The van der Waals surface area contributed by atoms with Gasteiger partial charge >= 0.3 is 0 Å². The lowest BCUT2D eigenvalue weighted by Crippen LogP contribution is -2.35. The van der Waals surface area contributed by atoms with E-state index < -0.39 is 0 Å². The highest BCUT2D eigenvalue weighted by Gasteiger charge is 2.43. The molecule has 118 valence electrons. The fraction of sp³-hybridized carbons (Fsp3) is 0.556. The number of benzene rings is 1. The maximum Gasteiger partial charge on any atom is 0.226 e. The molecule has 1 unspecified atom stereocenters. The van der Waals surface area contributed by atoms with Crippen molar-refractivity contribution in [2.75, 3.05) is 19.6 Å². The van der Waals surface area contributed by atoms with E-state index in [4.69, 9.17) is 0 Å². The lowest BCUT2D eigenvalue weighted by atomic mass is 9.79. The van der Waals surface area contributed by atoms with Gasteiger partial charge in [0.15, 0.2) is 0 Å². The molecule has 4 nitrogen and oxygen atoms in total. The first-order valence-corrected chi connectivity index (χ1v) is 8.21. The molecule has 4 heteroatoms. The zero-order valence-corrected chi connectivity index (χ0v) is 13.2. The molecule has 0 saturated carbocycles. The largest absolute Gasteiger partial charge is 0.356 e. The third-order valence-corrected chi connectivity index (χ3v) is 5.14. The minimum absolute atomic E-state index is 0.180. The zero-order valence-electron chi connectivity index (χ0n) is 13.2. The zero-order chi connectivity index (χ0) is 15.6. The third-order valence-electron chi connectivity index (χ3n) is 5.14. The first-order chi connectivity index (χ1) is 10.6. The molecular formula is C18H24N2O2. The van der Waals surface area contributed by atoms with Crippen LogP contribution in [0.2, 0.25) is 0 Å². The van der Waals surface area contributed by atoms with Gasteiger partial charge in [-0.1, -0.05) is 29.8 Å². The summed E-state index contributed by atoms with van der Waals surface area (Å²) in [6.07, 6.45) is 4.02. The van der Waals surface area contributed by atoms with E-state index in [0.29, 0.717) is 13.0 Å². The van der Waals surface area contributed by atoms with Crippen molar-refractivity contribution in [2.24, 2.45) is 5.41 Å². The molecule has 1 spiro atoms. The van der Waals surface area contributed by atoms with E-state index in [9.17, 15) is 9.59 Å². The predicted octanol–water partition coefficient (Wildman–Crippen LogP) is 2.06. The second kappa shape index (κ2) is 6.11. The Labute approximate surface area is 131 Å². The van der Waals surface area contributed by atoms with Crippen LogP contribution in [0.3, 0.4) is 0 Å². The molecule has 0 radical (unpaired) electrons. The number of amides is 2. The lowest BCUT2D eigenvalue weighted by molar-refractivity contribution is -0.132. The van der Waals surface area contributed by atoms with Gasteiger partial charge in [0.1, 0.15) is 0 Å². The molecule has 0 bridgehead atoms. The Hall–Kier alpha value is -1.84. The van der Waals surface area contributed by atoms with Crippen LogP contribution in [0.5, 0.6) is 0 Å². The van der Waals surface area contributed by atoms with Gasteiger partial charge in [0, 0.05) is 19.6 Å². The summed E-state index contributed by atoms with van der Waals surface area (Å²) in [5.74, 6) is 0.375. The van der Waals surface area contributed by atoms with Crippen LogP contribution < -0.4 is 5.32 Å². The van der Waals surface area contributed by atoms with Crippen molar-refractivity contribution in [3.8, 4) is 0 Å². The molecule has 1 N–H and O–H groups in total. The second-order valence-electron chi connectivity index (χ2n) is 6.68. The van der Waals surface area contributed by atoms with Crippen LogP contribution in [0.4, 0.5) is 0 Å². The summed E-state index contributed by atoms with van der Waals surface area (Å²) < 4.78 is 0. The Morgan fingerprint density at radius 3 is 2.64 bits per heavy atom. The number of nitrogens with zero attached hydrogens (tertiary/aromatic N) is 1. The average molecular weight is 300 g/mol. The van der Waals surface area contributed by atoms with Crippen LogP contribution in [-0.4, -0.2) is 36.3 Å². The highest BCUT2D eigenvalue weighted by atomic mass is 16.2. The van der Waals surface area contributed by atoms with E-state index in [1.54, 1.807) is 0 Å². The SMILES string of the molecule is Cc1ccc(CC(=O)N2CCCC3(CCNC3=O)CC2)cc1. The third kappa shape index (κ3) is 3.01. The summed E-state index contributed by atoms with van der Waals surface area (Å²) in [5.41, 5.74) is 2.06. The topological polar surface area (TPSA) is 49.4 Å². The standard InChI is InChI=1S/C18H24N2O2/c1-14-3-5-15(6-4-14)13-16(21)20-11-2-7-18(9-12-20)8-10-19-17(18)22/h3-6H,2,7-13H2,1H3,(H,19,22). The number of hydrogen-bond donors (Lipinski definition) is 1. The van der Waals surface area contributed by atoms with Crippen molar-refractivity contribution in [3.05, 3.63) is 35.4 Å². The molecule has 1 aromatic carbocycles. The van der Waals surface area contributed by atoms with E-state index in [1.807, 2.05) is 36.1 Å². The van der Waals surface area contributed by atoms with Crippen LogP contribution in [0.15, 0.2) is 24.3 Å². The molecule has 1 aromatic rings. The summed E-state index contributed by atoms with van der Waals surface area (Å²) in [7, 11) is 0.